The topological polar surface area (TPSA) is 15.6 Å². The predicted molar refractivity (Wildman–Crippen MR) is 62.5 cm³/mol. The minimum absolute atomic E-state index is 0.918. The molecule has 0 aliphatic rings. The number of rotatable bonds is 4. The van der Waals surface area contributed by atoms with Gasteiger partial charge in [-0.25, -0.2) is 5.01 Å². The van der Waals surface area contributed by atoms with Gasteiger partial charge in [-0.2, -0.15) is 5.10 Å². The second-order valence-electron chi connectivity index (χ2n) is 3.09. The molecule has 0 amide bonds. The number of anilines is 1. The first kappa shape index (κ1) is 10.5. The van der Waals surface area contributed by atoms with Crippen molar-refractivity contribution in [2.75, 3.05) is 5.01 Å². The molecule has 74 valence electrons. The summed E-state index contributed by atoms with van der Waals surface area (Å²) in [7, 11) is 0. The van der Waals surface area contributed by atoms with Crippen LogP contribution in [0.5, 0.6) is 0 Å². The van der Waals surface area contributed by atoms with Gasteiger partial charge >= 0.3 is 0 Å². The molecule has 0 aliphatic heterocycles. The summed E-state index contributed by atoms with van der Waals surface area (Å²) in [5.41, 5.74) is 1.96. The van der Waals surface area contributed by atoms with Gasteiger partial charge in [-0.15, -0.1) is 0 Å². The van der Waals surface area contributed by atoms with Crippen LogP contribution in [0, 0.1) is 0 Å². The van der Waals surface area contributed by atoms with E-state index < -0.39 is 0 Å². The average molecular weight is 188 g/mol. The fourth-order valence-corrected chi connectivity index (χ4v) is 1.12. The molecule has 0 radical (unpaired) electrons. The molecule has 0 atom stereocenters. The van der Waals surface area contributed by atoms with Crippen LogP contribution in [-0.4, -0.2) is 6.21 Å². The van der Waals surface area contributed by atoms with E-state index in [4.69, 9.17) is 0 Å². The number of hydrazone groups is 1. The van der Waals surface area contributed by atoms with Crippen molar-refractivity contribution < 1.29 is 0 Å². The Balaban J connectivity index is 2.89. The second kappa shape index (κ2) is 5.22. The first-order valence-electron chi connectivity index (χ1n) is 4.79. The number of hydrogen-bond donors (Lipinski definition) is 0. The van der Waals surface area contributed by atoms with Crippen LogP contribution in [0.2, 0.25) is 0 Å². The summed E-state index contributed by atoms with van der Waals surface area (Å²) in [5.74, 6) is 0. The molecule has 0 aliphatic carbocycles. The van der Waals surface area contributed by atoms with Crippen LogP contribution < -0.4 is 5.01 Å². The van der Waals surface area contributed by atoms with Crippen LogP contribution in [0.3, 0.4) is 0 Å². The third kappa shape index (κ3) is 2.73. The van der Waals surface area contributed by atoms with Crippen molar-refractivity contribution in [3.8, 4) is 0 Å². The van der Waals surface area contributed by atoms with Gasteiger partial charge in [0.25, 0.3) is 0 Å². The molecule has 0 bridgehead atoms. The van der Waals surface area contributed by atoms with Crippen molar-refractivity contribution in [3.05, 3.63) is 42.6 Å². The summed E-state index contributed by atoms with van der Waals surface area (Å²) in [6.45, 7) is 7.90. The first-order chi connectivity index (χ1) is 6.75. The minimum atomic E-state index is 0.918. The molecule has 0 spiro atoms. The lowest BCUT2D eigenvalue weighted by molar-refractivity contribution is 0.999. The van der Waals surface area contributed by atoms with Gasteiger partial charge in [-0.3, -0.25) is 0 Å². The van der Waals surface area contributed by atoms with Crippen LogP contribution in [-0.2, 0) is 0 Å². The van der Waals surface area contributed by atoms with Crippen molar-refractivity contribution in [2.45, 2.75) is 20.3 Å². The van der Waals surface area contributed by atoms with Gasteiger partial charge in [0.1, 0.15) is 0 Å². The second-order valence-corrected chi connectivity index (χ2v) is 3.09. The monoisotopic (exact) mass is 188 g/mol. The van der Waals surface area contributed by atoms with E-state index in [1.165, 1.54) is 0 Å². The lowest BCUT2D eigenvalue weighted by Crippen LogP contribution is -2.12. The Morgan fingerprint density at radius 2 is 2.07 bits per heavy atom. The molecular weight excluding hydrogens is 172 g/mol. The van der Waals surface area contributed by atoms with E-state index >= 15 is 0 Å². The summed E-state index contributed by atoms with van der Waals surface area (Å²) in [6.07, 6.45) is 2.80. The smallest absolute Gasteiger partial charge is 0.0648 e. The first-order valence-corrected chi connectivity index (χ1v) is 4.79. The molecule has 2 heteroatoms. The van der Waals surface area contributed by atoms with E-state index in [0.717, 1.165) is 17.8 Å². The normalized spacial score (nSPS) is 10.4. The van der Waals surface area contributed by atoms with E-state index in [1.807, 2.05) is 48.5 Å². The largest absolute Gasteiger partial charge is 0.239 e. The molecule has 0 N–H and O–H groups in total. The highest BCUT2D eigenvalue weighted by atomic mass is 15.5. The summed E-state index contributed by atoms with van der Waals surface area (Å²) < 4.78 is 0. The minimum Gasteiger partial charge on any atom is -0.239 e. The zero-order valence-corrected chi connectivity index (χ0v) is 8.77. The third-order valence-electron chi connectivity index (χ3n) is 1.74. The Morgan fingerprint density at radius 1 is 1.43 bits per heavy atom. The Hall–Kier alpha value is -1.57. The van der Waals surface area contributed by atoms with E-state index in [-0.39, 0.29) is 0 Å². The van der Waals surface area contributed by atoms with Gasteiger partial charge in [0.05, 0.1) is 5.69 Å². The van der Waals surface area contributed by atoms with Crippen molar-refractivity contribution in [2.24, 2.45) is 5.10 Å². The predicted octanol–water partition coefficient (Wildman–Crippen LogP) is 3.42. The zero-order chi connectivity index (χ0) is 10.4. The van der Waals surface area contributed by atoms with Crippen molar-refractivity contribution in [1.29, 1.82) is 0 Å². The Kier molecular flexibility index (Phi) is 3.92. The summed E-state index contributed by atoms with van der Waals surface area (Å²) >= 11 is 0. The molecule has 0 unspecified atom stereocenters. The number of para-hydroxylation sites is 1. The highest BCUT2D eigenvalue weighted by Crippen LogP contribution is 2.17. The van der Waals surface area contributed by atoms with E-state index in [9.17, 15) is 0 Å². The van der Waals surface area contributed by atoms with Crippen molar-refractivity contribution in [1.82, 2.24) is 0 Å². The fourth-order valence-electron chi connectivity index (χ4n) is 1.12. The van der Waals surface area contributed by atoms with Gasteiger partial charge < -0.3 is 0 Å². The van der Waals surface area contributed by atoms with E-state index in [2.05, 4.69) is 18.6 Å². The zero-order valence-electron chi connectivity index (χ0n) is 8.77. The number of nitrogens with zero attached hydrogens (tertiary/aromatic N) is 2. The van der Waals surface area contributed by atoms with Crippen molar-refractivity contribution >= 4 is 11.9 Å². The highest BCUT2D eigenvalue weighted by molar-refractivity contribution is 5.61. The van der Waals surface area contributed by atoms with Gasteiger partial charge in [-0.05, 0) is 25.5 Å². The molecule has 1 rings (SSSR count). The standard InChI is InChI=1S/C12H16N2/c1-4-10-13-14(11(2)3)12-8-6-5-7-9-12/h5-10H,2,4H2,1,3H3/b13-10-. The number of allylic oxidation sites excluding steroid dienone is 1. The maximum atomic E-state index is 4.32. The molecule has 1 aromatic carbocycles. The van der Waals surface area contributed by atoms with Crippen LogP contribution >= 0.6 is 0 Å². The molecule has 0 fully saturated rings. The number of benzene rings is 1. The molecule has 0 heterocycles. The maximum Gasteiger partial charge on any atom is 0.0648 e. The van der Waals surface area contributed by atoms with Gasteiger partial charge in [0.2, 0.25) is 0 Å². The average Bonchev–Trinajstić information content (AvgIpc) is 2.19. The highest BCUT2D eigenvalue weighted by Gasteiger charge is 2.02. The molecule has 14 heavy (non-hydrogen) atoms. The van der Waals surface area contributed by atoms with Gasteiger partial charge in [-0.1, -0.05) is 31.7 Å². The molecule has 1 aromatic rings. The van der Waals surface area contributed by atoms with Crippen LogP contribution in [0.1, 0.15) is 20.3 Å². The van der Waals surface area contributed by atoms with E-state index in [0.29, 0.717) is 0 Å². The Bertz CT molecular complexity index is 314. The van der Waals surface area contributed by atoms with E-state index in [1.54, 1.807) is 0 Å². The molecular formula is C12H16N2. The third-order valence-corrected chi connectivity index (χ3v) is 1.74. The van der Waals surface area contributed by atoms with Crippen LogP contribution in [0.15, 0.2) is 47.7 Å². The van der Waals surface area contributed by atoms with Gasteiger partial charge in [0.15, 0.2) is 0 Å². The lowest BCUT2D eigenvalue weighted by Gasteiger charge is -2.18. The fraction of sp³-hybridized carbons (Fsp3) is 0.250. The summed E-state index contributed by atoms with van der Waals surface area (Å²) in [5, 5.41) is 6.16. The Morgan fingerprint density at radius 3 is 2.57 bits per heavy atom. The quantitative estimate of drug-likeness (QED) is 0.522. The van der Waals surface area contributed by atoms with Crippen LogP contribution in [0.25, 0.3) is 0 Å². The molecule has 0 saturated heterocycles. The SMILES string of the molecule is C=C(C)N(/N=C\CC)c1ccccc1. The molecule has 0 aromatic heterocycles. The summed E-state index contributed by atoms with van der Waals surface area (Å²) in [4.78, 5) is 0. The van der Waals surface area contributed by atoms with Gasteiger partial charge in [0, 0.05) is 11.9 Å². The lowest BCUT2D eigenvalue weighted by atomic mass is 10.3. The molecule has 2 nitrogen and oxygen atoms in total. The van der Waals surface area contributed by atoms with Crippen LogP contribution in [0.4, 0.5) is 5.69 Å². The van der Waals surface area contributed by atoms with Crippen molar-refractivity contribution in [3.63, 3.8) is 0 Å². The maximum absolute atomic E-state index is 4.32. The summed E-state index contributed by atoms with van der Waals surface area (Å²) in [6, 6.07) is 10.0. The molecule has 0 saturated carbocycles. The number of hydrogen-bond acceptors (Lipinski definition) is 2. The Labute approximate surface area is 85.6 Å².